The molecule has 0 saturated heterocycles. The monoisotopic (exact) mass is 396 g/mol. The van der Waals surface area contributed by atoms with Crippen LogP contribution in [0.25, 0.3) is 10.2 Å². The lowest BCUT2D eigenvalue weighted by atomic mass is 10.1. The maximum absolute atomic E-state index is 13.6. The number of rotatable bonds is 5. The van der Waals surface area contributed by atoms with E-state index in [0.29, 0.717) is 23.4 Å². The first-order chi connectivity index (χ1) is 11.9. The zero-order valence-electron chi connectivity index (χ0n) is 13.4. The number of hydrogen-bond donors (Lipinski definition) is 1. The number of carbonyl (C=O) groups is 1. The molecule has 3 nitrogen and oxygen atoms in total. The van der Waals surface area contributed by atoms with Crippen molar-refractivity contribution in [1.82, 2.24) is 10.3 Å². The molecule has 0 saturated carbocycles. The largest absolute Gasteiger partial charge is 0.350 e. The van der Waals surface area contributed by atoms with E-state index < -0.39 is 11.9 Å². The van der Waals surface area contributed by atoms with Gasteiger partial charge < -0.3 is 5.32 Å². The van der Waals surface area contributed by atoms with E-state index >= 15 is 0 Å². The van der Waals surface area contributed by atoms with E-state index in [1.54, 1.807) is 18.3 Å². The van der Waals surface area contributed by atoms with Crippen LogP contribution in [0.15, 0.2) is 36.4 Å². The Morgan fingerprint density at radius 3 is 2.80 bits per heavy atom. The van der Waals surface area contributed by atoms with Crippen molar-refractivity contribution >= 4 is 50.7 Å². The number of carbonyl (C=O) groups excluding carboxylic acids is 1. The summed E-state index contributed by atoms with van der Waals surface area (Å²) >= 11 is 13.4. The second-order valence-electron chi connectivity index (χ2n) is 5.65. The lowest BCUT2D eigenvalue weighted by Crippen LogP contribution is -2.27. The Balaban J connectivity index is 1.61. The smallest absolute Gasteiger partial charge is 0.220 e. The van der Waals surface area contributed by atoms with Gasteiger partial charge in [-0.3, -0.25) is 4.79 Å². The van der Waals surface area contributed by atoms with Crippen molar-refractivity contribution in [2.75, 3.05) is 0 Å². The minimum absolute atomic E-state index is 0.0388. The summed E-state index contributed by atoms with van der Waals surface area (Å²) in [7, 11) is 0. The molecule has 0 aliphatic carbocycles. The van der Waals surface area contributed by atoms with Crippen LogP contribution in [-0.2, 0) is 11.2 Å². The van der Waals surface area contributed by atoms with Gasteiger partial charge in [-0.05, 0) is 36.8 Å². The first kappa shape index (κ1) is 18.1. The number of nitrogens with one attached hydrogen (secondary N) is 1. The maximum Gasteiger partial charge on any atom is 0.220 e. The van der Waals surface area contributed by atoms with Crippen LogP contribution >= 0.6 is 34.5 Å². The van der Waals surface area contributed by atoms with Gasteiger partial charge in [0.05, 0.1) is 26.3 Å². The number of para-hydroxylation sites is 1. The molecule has 0 spiro atoms. The van der Waals surface area contributed by atoms with Crippen molar-refractivity contribution in [3.05, 3.63) is 62.8 Å². The second kappa shape index (κ2) is 7.68. The van der Waals surface area contributed by atoms with E-state index in [9.17, 15) is 9.18 Å². The molecule has 25 heavy (non-hydrogen) atoms. The molecule has 0 aliphatic rings. The van der Waals surface area contributed by atoms with Crippen LogP contribution in [0.1, 0.15) is 30.0 Å². The van der Waals surface area contributed by atoms with Gasteiger partial charge in [0.1, 0.15) is 5.82 Å². The molecule has 1 heterocycles. The second-order valence-corrected chi connectivity index (χ2v) is 7.58. The fraction of sp³-hybridized carbons (Fsp3) is 0.222. The van der Waals surface area contributed by atoms with E-state index in [-0.39, 0.29) is 10.9 Å². The molecule has 1 amide bonds. The van der Waals surface area contributed by atoms with Gasteiger partial charge in [-0.25, -0.2) is 9.37 Å². The Morgan fingerprint density at radius 1 is 1.28 bits per heavy atom. The van der Waals surface area contributed by atoms with Crippen molar-refractivity contribution in [2.45, 2.75) is 25.8 Å². The van der Waals surface area contributed by atoms with Crippen LogP contribution in [0.2, 0.25) is 10.0 Å². The van der Waals surface area contributed by atoms with E-state index in [0.717, 1.165) is 15.2 Å². The van der Waals surface area contributed by atoms with Gasteiger partial charge >= 0.3 is 0 Å². The summed E-state index contributed by atoms with van der Waals surface area (Å²) in [5, 5.41) is 4.03. The Kier molecular flexibility index (Phi) is 5.57. The molecule has 0 bridgehead atoms. The SMILES string of the molecule is C[C@H](NC(=O)CCc1nc2ccccc2s1)c1cc(F)c(Cl)cc1Cl. The van der Waals surface area contributed by atoms with Crippen LogP contribution in [0.5, 0.6) is 0 Å². The topological polar surface area (TPSA) is 42.0 Å². The minimum Gasteiger partial charge on any atom is -0.350 e. The molecular weight excluding hydrogens is 382 g/mol. The molecule has 1 atom stereocenters. The third kappa shape index (κ3) is 4.29. The minimum atomic E-state index is -0.559. The Labute approximate surface area is 158 Å². The van der Waals surface area contributed by atoms with Crippen molar-refractivity contribution in [3.63, 3.8) is 0 Å². The van der Waals surface area contributed by atoms with Crippen LogP contribution in [0.4, 0.5) is 4.39 Å². The predicted molar refractivity (Wildman–Crippen MR) is 101 cm³/mol. The van der Waals surface area contributed by atoms with Gasteiger partial charge in [-0.15, -0.1) is 11.3 Å². The summed E-state index contributed by atoms with van der Waals surface area (Å²) in [6.07, 6.45) is 0.860. The molecule has 1 N–H and O–H groups in total. The average molecular weight is 397 g/mol. The molecular formula is C18H15Cl2FN2OS. The predicted octanol–water partition coefficient (Wildman–Crippen LogP) is 5.55. The summed E-state index contributed by atoms with van der Waals surface area (Å²) in [5.41, 5.74) is 1.44. The van der Waals surface area contributed by atoms with Gasteiger partial charge in [-0.2, -0.15) is 0 Å². The van der Waals surface area contributed by atoms with E-state index in [1.165, 1.54) is 12.1 Å². The number of aryl methyl sites for hydroxylation is 1. The lowest BCUT2D eigenvalue weighted by Gasteiger charge is -2.16. The number of aromatic nitrogens is 1. The van der Waals surface area contributed by atoms with Gasteiger partial charge in [-0.1, -0.05) is 35.3 Å². The Morgan fingerprint density at radius 2 is 2.04 bits per heavy atom. The molecule has 0 aliphatic heterocycles. The number of benzene rings is 2. The molecule has 3 rings (SSSR count). The highest BCUT2D eigenvalue weighted by molar-refractivity contribution is 7.18. The van der Waals surface area contributed by atoms with E-state index in [2.05, 4.69) is 10.3 Å². The van der Waals surface area contributed by atoms with E-state index in [4.69, 9.17) is 23.2 Å². The number of fused-ring (bicyclic) bond motifs is 1. The van der Waals surface area contributed by atoms with Gasteiger partial charge in [0, 0.05) is 17.9 Å². The summed E-state index contributed by atoms with van der Waals surface area (Å²) < 4.78 is 14.7. The normalized spacial score (nSPS) is 12.3. The standard InChI is InChI=1S/C18H15Cl2FN2OS/c1-10(11-8-14(21)13(20)9-12(11)19)22-17(24)6-7-18-23-15-4-2-3-5-16(15)25-18/h2-5,8-10H,6-7H2,1H3,(H,22,24)/t10-/m0/s1. The number of halogens is 3. The number of hydrogen-bond acceptors (Lipinski definition) is 3. The van der Waals surface area contributed by atoms with Crippen molar-refractivity contribution < 1.29 is 9.18 Å². The zero-order chi connectivity index (χ0) is 18.0. The third-order valence-corrected chi connectivity index (χ3v) is 5.50. The van der Waals surface area contributed by atoms with Crippen LogP contribution in [0.3, 0.4) is 0 Å². The lowest BCUT2D eigenvalue weighted by molar-refractivity contribution is -0.121. The fourth-order valence-corrected chi connectivity index (χ4v) is 4.02. The molecule has 2 aromatic carbocycles. The molecule has 7 heteroatoms. The average Bonchev–Trinajstić information content (AvgIpc) is 2.99. The van der Waals surface area contributed by atoms with Crippen LogP contribution < -0.4 is 5.32 Å². The molecule has 1 aromatic heterocycles. The van der Waals surface area contributed by atoms with Gasteiger partial charge in [0.25, 0.3) is 0 Å². The molecule has 0 unspecified atom stereocenters. The first-order valence-electron chi connectivity index (χ1n) is 7.72. The summed E-state index contributed by atoms with van der Waals surface area (Å²) in [5.74, 6) is -0.699. The van der Waals surface area contributed by atoms with Gasteiger partial charge in [0.2, 0.25) is 5.91 Å². The highest BCUT2D eigenvalue weighted by atomic mass is 35.5. The van der Waals surface area contributed by atoms with Crippen LogP contribution in [-0.4, -0.2) is 10.9 Å². The number of thiazole rings is 1. The first-order valence-corrected chi connectivity index (χ1v) is 9.29. The highest BCUT2D eigenvalue weighted by Gasteiger charge is 2.16. The Bertz CT molecular complexity index is 896. The highest BCUT2D eigenvalue weighted by Crippen LogP contribution is 2.29. The Hall–Kier alpha value is -1.69. The van der Waals surface area contributed by atoms with Crippen molar-refractivity contribution in [3.8, 4) is 0 Å². The molecule has 0 radical (unpaired) electrons. The van der Waals surface area contributed by atoms with Crippen molar-refractivity contribution in [2.24, 2.45) is 0 Å². The van der Waals surface area contributed by atoms with Crippen molar-refractivity contribution in [1.29, 1.82) is 0 Å². The molecule has 0 fully saturated rings. The van der Waals surface area contributed by atoms with Crippen LogP contribution in [0, 0.1) is 5.82 Å². The van der Waals surface area contributed by atoms with Gasteiger partial charge in [0.15, 0.2) is 0 Å². The fourth-order valence-electron chi connectivity index (χ4n) is 2.51. The van der Waals surface area contributed by atoms with E-state index in [1.807, 2.05) is 24.3 Å². The molecule has 130 valence electrons. The zero-order valence-corrected chi connectivity index (χ0v) is 15.7. The quantitative estimate of drug-likeness (QED) is 0.574. The summed E-state index contributed by atoms with van der Waals surface area (Å²) in [6.45, 7) is 1.75. The number of nitrogens with zero attached hydrogens (tertiary/aromatic N) is 1. The molecule has 3 aromatic rings. The number of amides is 1. The summed E-state index contributed by atoms with van der Waals surface area (Å²) in [4.78, 5) is 16.7. The maximum atomic E-state index is 13.6. The third-order valence-electron chi connectivity index (χ3n) is 3.79. The summed E-state index contributed by atoms with van der Waals surface area (Å²) in [6, 6.07) is 10.1.